The molecule has 7 heteroatoms. The molecule has 1 aromatic carbocycles. The van der Waals surface area contributed by atoms with Crippen molar-refractivity contribution in [2.75, 3.05) is 38.8 Å². The fourth-order valence-electron chi connectivity index (χ4n) is 1.61. The summed E-state index contributed by atoms with van der Waals surface area (Å²) in [5.41, 5.74) is 0.0815. The first-order valence-corrected chi connectivity index (χ1v) is 6.39. The van der Waals surface area contributed by atoms with Crippen LogP contribution in [-0.4, -0.2) is 38.4 Å². The van der Waals surface area contributed by atoms with Gasteiger partial charge in [-0.25, -0.2) is 4.39 Å². The first kappa shape index (κ1) is 16.3. The predicted octanol–water partition coefficient (Wildman–Crippen LogP) is 2.59. The molecular weight excluding hydrogens is 267 g/mol. The van der Waals surface area contributed by atoms with Crippen molar-refractivity contribution < 1.29 is 18.8 Å². The van der Waals surface area contributed by atoms with E-state index in [1.807, 2.05) is 0 Å². The number of hydrogen-bond acceptors (Lipinski definition) is 5. The maximum atomic E-state index is 13.1. The summed E-state index contributed by atoms with van der Waals surface area (Å²) in [5, 5.41) is 13.7. The molecule has 112 valence electrons. The summed E-state index contributed by atoms with van der Waals surface area (Å²) >= 11 is 0. The van der Waals surface area contributed by atoms with Crippen molar-refractivity contribution >= 4 is 11.4 Å². The number of anilines is 1. The second kappa shape index (κ2) is 9.22. The third kappa shape index (κ3) is 5.94. The fourth-order valence-corrected chi connectivity index (χ4v) is 1.61. The van der Waals surface area contributed by atoms with Crippen LogP contribution in [0.1, 0.15) is 12.8 Å². The fraction of sp³-hybridized carbons (Fsp3) is 0.538. The summed E-state index contributed by atoms with van der Waals surface area (Å²) in [4.78, 5) is 10.2. The molecule has 0 saturated heterocycles. The zero-order valence-corrected chi connectivity index (χ0v) is 11.4. The van der Waals surface area contributed by atoms with Gasteiger partial charge >= 0.3 is 0 Å². The van der Waals surface area contributed by atoms with Gasteiger partial charge in [-0.2, -0.15) is 0 Å². The van der Waals surface area contributed by atoms with Gasteiger partial charge < -0.3 is 14.8 Å². The SMILES string of the molecule is COCCOCCCCNc1cc(F)ccc1[N+](=O)[O-]. The highest BCUT2D eigenvalue weighted by atomic mass is 19.1. The lowest BCUT2D eigenvalue weighted by atomic mass is 10.2. The molecule has 0 aliphatic carbocycles. The highest BCUT2D eigenvalue weighted by molar-refractivity contribution is 5.61. The number of methoxy groups -OCH3 is 1. The van der Waals surface area contributed by atoms with Crippen LogP contribution in [0.4, 0.5) is 15.8 Å². The van der Waals surface area contributed by atoms with E-state index in [1.54, 1.807) is 7.11 Å². The molecule has 0 fully saturated rings. The van der Waals surface area contributed by atoms with Gasteiger partial charge in [0.1, 0.15) is 11.5 Å². The Hall–Kier alpha value is -1.73. The minimum Gasteiger partial charge on any atom is -0.382 e. The molecule has 1 rings (SSSR count). The first-order chi connectivity index (χ1) is 9.65. The molecule has 0 radical (unpaired) electrons. The van der Waals surface area contributed by atoms with Crippen LogP contribution in [-0.2, 0) is 9.47 Å². The molecule has 0 aliphatic rings. The van der Waals surface area contributed by atoms with Gasteiger partial charge in [0, 0.05) is 32.4 Å². The van der Waals surface area contributed by atoms with Crippen molar-refractivity contribution in [2.45, 2.75) is 12.8 Å². The summed E-state index contributed by atoms with van der Waals surface area (Å²) < 4.78 is 23.2. The number of unbranched alkanes of at least 4 members (excludes halogenated alkanes) is 1. The summed E-state index contributed by atoms with van der Waals surface area (Å²) in [6.45, 7) is 2.25. The van der Waals surface area contributed by atoms with Gasteiger partial charge in [-0.15, -0.1) is 0 Å². The van der Waals surface area contributed by atoms with Crippen molar-refractivity contribution in [3.05, 3.63) is 34.1 Å². The Balaban J connectivity index is 2.28. The van der Waals surface area contributed by atoms with Crippen LogP contribution in [0.5, 0.6) is 0 Å². The average Bonchev–Trinajstić information content (AvgIpc) is 2.41. The van der Waals surface area contributed by atoms with Crippen molar-refractivity contribution in [2.24, 2.45) is 0 Å². The van der Waals surface area contributed by atoms with E-state index in [-0.39, 0.29) is 11.4 Å². The van der Waals surface area contributed by atoms with Crippen LogP contribution in [0, 0.1) is 15.9 Å². The molecule has 6 nitrogen and oxygen atoms in total. The molecule has 0 unspecified atom stereocenters. The minimum absolute atomic E-state index is 0.122. The maximum Gasteiger partial charge on any atom is 0.292 e. The van der Waals surface area contributed by atoms with Crippen LogP contribution in [0.25, 0.3) is 0 Å². The Kier molecular flexibility index (Phi) is 7.52. The molecule has 0 amide bonds. The molecule has 0 aromatic heterocycles. The zero-order chi connectivity index (χ0) is 14.8. The highest BCUT2D eigenvalue weighted by Gasteiger charge is 2.13. The Bertz CT molecular complexity index is 429. The van der Waals surface area contributed by atoms with Gasteiger partial charge in [-0.1, -0.05) is 0 Å². The number of nitro benzene ring substituents is 1. The van der Waals surface area contributed by atoms with Crippen LogP contribution < -0.4 is 5.32 Å². The largest absolute Gasteiger partial charge is 0.382 e. The van der Waals surface area contributed by atoms with Crippen LogP contribution in [0.15, 0.2) is 18.2 Å². The van der Waals surface area contributed by atoms with Crippen molar-refractivity contribution in [1.29, 1.82) is 0 Å². The van der Waals surface area contributed by atoms with Gasteiger partial charge in [0.05, 0.1) is 18.1 Å². The number of benzene rings is 1. The molecule has 0 spiro atoms. The molecule has 0 atom stereocenters. The van der Waals surface area contributed by atoms with E-state index < -0.39 is 10.7 Å². The third-order valence-electron chi connectivity index (χ3n) is 2.62. The number of rotatable bonds is 10. The molecule has 0 saturated carbocycles. The van der Waals surface area contributed by atoms with Gasteiger partial charge in [0.25, 0.3) is 5.69 Å². The zero-order valence-electron chi connectivity index (χ0n) is 11.4. The normalized spacial score (nSPS) is 10.5. The van der Waals surface area contributed by atoms with Crippen molar-refractivity contribution in [3.63, 3.8) is 0 Å². The maximum absolute atomic E-state index is 13.1. The quantitative estimate of drug-likeness (QED) is 0.406. The Labute approximate surface area is 117 Å². The number of ether oxygens (including phenoxy) is 2. The van der Waals surface area contributed by atoms with Gasteiger partial charge in [0.15, 0.2) is 0 Å². The molecule has 20 heavy (non-hydrogen) atoms. The lowest BCUT2D eigenvalue weighted by Crippen LogP contribution is -2.07. The van der Waals surface area contributed by atoms with E-state index >= 15 is 0 Å². The third-order valence-corrected chi connectivity index (χ3v) is 2.62. The lowest BCUT2D eigenvalue weighted by molar-refractivity contribution is -0.384. The van der Waals surface area contributed by atoms with Crippen molar-refractivity contribution in [1.82, 2.24) is 0 Å². The minimum atomic E-state index is -0.532. The number of halogens is 1. The number of hydrogen-bond donors (Lipinski definition) is 1. The first-order valence-electron chi connectivity index (χ1n) is 6.39. The highest BCUT2D eigenvalue weighted by Crippen LogP contribution is 2.24. The van der Waals surface area contributed by atoms with Crippen LogP contribution in [0.2, 0.25) is 0 Å². The molecule has 1 aromatic rings. The van der Waals surface area contributed by atoms with E-state index in [0.717, 1.165) is 31.0 Å². The standard InChI is InChI=1S/C13H19FN2O4/c1-19-8-9-20-7-3-2-6-15-12-10-11(14)4-5-13(12)16(17)18/h4-5,10,15H,2-3,6-9H2,1H3. The smallest absolute Gasteiger partial charge is 0.292 e. The second-order valence-corrected chi connectivity index (χ2v) is 4.16. The number of nitrogens with one attached hydrogen (secondary N) is 1. The summed E-state index contributed by atoms with van der Waals surface area (Å²) in [6.07, 6.45) is 1.60. The summed E-state index contributed by atoms with van der Waals surface area (Å²) in [7, 11) is 1.61. The van der Waals surface area contributed by atoms with E-state index in [4.69, 9.17) is 9.47 Å². The molecule has 0 bridgehead atoms. The number of nitrogens with zero attached hydrogens (tertiary/aromatic N) is 1. The average molecular weight is 286 g/mol. The van der Waals surface area contributed by atoms with Crippen LogP contribution in [0.3, 0.4) is 0 Å². The van der Waals surface area contributed by atoms with Crippen molar-refractivity contribution in [3.8, 4) is 0 Å². The Morgan fingerprint density at radius 3 is 2.80 bits per heavy atom. The summed E-state index contributed by atoms with van der Waals surface area (Å²) in [5.74, 6) is -0.499. The lowest BCUT2D eigenvalue weighted by Gasteiger charge is -2.07. The summed E-state index contributed by atoms with van der Waals surface area (Å²) in [6, 6.07) is 3.37. The monoisotopic (exact) mass is 286 g/mol. The second-order valence-electron chi connectivity index (χ2n) is 4.16. The predicted molar refractivity (Wildman–Crippen MR) is 73.5 cm³/mol. The van der Waals surface area contributed by atoms with E-state index in [9.17, 15) is 14.5 Å². The van der Waals surface area contributed by atoms with E-state index in [1.165, 1.54) is 0 Å². The molecule has 0 heterocycles. The molecule has 1 N–H and O–H groups in total. The van der Waals surface area contributed by atoms with Gasteiger partial charge in [-0.3, -0.25) is 10.1 Å². The van der Waals surface area contributed by atoms with Crippen LogP contribution >= 0.6 is 0 Å². The molecular formula is C13H19FN2O4. The molecule has 0 aliphatic heterocycles. The number of nitro groups is 1. The van der Waals surface area contributed by atoms with Gasteiger partial charge in [-0.05, 0) is 18.9 Å². The van der Waals surface area contributed by atoms with E-state index in [0.29, 0.717) is 26.4 Å². The Morgan fingerprint density at radius 1 is 1.30 bits per heavy atom. The van der Waals surface area contributed by atoms with Gasteiger partial charge in [0.2, 0.25) is 0 Å². The Morgan fingerprint density at radius 2 is 2.10 bits per heavy atom. The topological polar surface area (TPSA) is 73.6 Å². The van der Waals surface area contributed by atoms with E-state index in [2.05, 4.69) is 5.32 Å².